The Balaban J connectivity index is 0.686. The zero-order chi connectivity index (χ0) is 47.1. The fourth-order valence-corrected chi connectivity index (χ4v) is 13.8. The first-order valence-electron chi connectivity index (χ1n) is 25.3. The first-order valence-corrected chi connectivity index (χ1v) is 25.3. The average molecular weight is 909 g/mol. The topological polar surface area (TPSA) is 0 Å². The second kappa shape index (κ2) is 14.7. The summed E-state index contributed by atoms with van der Waals surface area (Å²) >= 11 is 0. The van der Waals surface area contributed by atoms with Crippen molar-refractivity contribution < 1.29 is 0 Å². The first-order chi connectivity index (χ1) is 35.7. The van der Waals surface area contributed by atoms with Gasteiger partial charge in [0.05, 0.1) is 10.8 Å². The van der Waals surface area contributed by atoms with E-state index in [2.05, 4.69) is 267 Å². The molecule has 0 saturated heterocycles. The van der Waals surface area contributed by atoms with Gasteiger partial charge in [-0.3, -0.25) is 0 Å². The SMILES string of the molecule is C(=C\c1ccc2cc(-c3ccc4c(c3)-c3ccccc3C43c4ccccc4-c4ccccc43)ccc2c1)/c1ccc2cc(-c3ccc4c(c3)-c3ccccc3C43c4ccccc4-c4ccccc43)ccc2c1. The van der Waals surface area contributed by atoms with Crippen molar-refractivity contribution >= 4 is 33.7 Å². The van der Waals surface area contributed by atoms with Gasteiger partial charge in [-0.1, -0.05) is 231 Å². The largest absolute Gasteiger partial charge is 0.0725 e. The molecule has 2 spiro atoms. The van der Waals surface area contributed by atoms with Crippen molar-refractivity contribution in [1.29, 1.82) is 0 Å². The molecule has 4 aliphatic rings. The normalized spacial score (nSPS) is 14.3. The van der Waals surface area contributed by atoms with Gasteiger partial charge in [-0.25, -0.2) is 0 Å². The van der Waals surface area contributed by atoms with Crippen LogP contribution in [0.5, 0.6) is 0 Å². The van der Waals surface area contributed by atoms with Crippen LogP contribution in [0.3, 0.4) is 0 Å². The third-order valence-corrected chi connectivity index (χ3v) is 16.9. The van der Waals surface area contributed by atoms with Crippen LogP contribution in [0.25, 0.3) is 100 Å². The fraction of sp³-hybridized carbons (Fsp3) is 0.0278. The summed E-state index contributed by atoms with van der Waals surface area (Å²) in [5.74, 6) is 0. The van der Waals surface area contributed by atoms with Gasteiger partial charge in [-0.2, -0.15) is 0 Å². The summed E-state index contributed by atoms with van der Waals surface area (Å²) in [4.78, 5) is 0. The molecule has 0 aromatic heterocycles. The lowest BCUT2D eigenvalue weighted by molar-refractivity contribution is 0.794. The van der Waals surface area contributed by atoms with E-state index in [1.54, 1.807) is 0 Å². The van der Waals surface area contributed by atoms with Crippen molar-refractivity contribution in [3.8, 4) is 66.8 Å². The van der Waals surface area contributed by atoms with Crippen molar-refractivity contribution in [2.75, 3.05) is 0 Å². The van der Waals surface area contributed by atoms with E-state index in [9.17, 15) is 0 Å². The van der Waals surface area contributed by atoms with Gasteiger partial charge < -0.3 is 0 Å². The molecule has 0 amide bonds. The summed E-state index contributed by atoms with van der Waals surface area (Å²) in [6.07, 6.45) is 4.48. The van der Waals surface area contributed by atoms with Crippen LogP contribution in [-0.2, 0) is 10.8 Å². The van der Waals surface area contributed by atoms with Crippen LogP contribution >= 0.6 is 0 Å². The van der Waals surface area contributed by atoms with Gasteiger partial charge in [-0.05, 0) is 180 Å². The molecule has 0 bridgehead atoms. The Labute approximate surface area is 419 Å². The van der Waals surface area contributed by atoms with E-state index >= 15 is 0 Å². The highest BCUT2D eigenvalue weighted by Crippen LogP contribution is 2.64. The van der Waals surface area contributed by atoms with Gasteiger partial charge in [0.15, 0.2) is 0 Å². The third kappa shape index (κ3) is 5.26. The van der Waals surface area contributed by atoms with Gasteiger partial charge in [0.25, 0.3) is 0 Å². The molecule has 72 heavy (non-hydrogen) atoms. The molecular weight excluding hydrogens is 865 g/mol. The summed E-state index contributed by atoms with van der Waals surface area (Å²) in [7, 11) is 0. The predicted octanol–water partition coefficient (Wildman–Crippen LogP) is 18.2. The molecule has 0 saturated carbocycles. The molecule has 12 aromatic carbocycles. The van der Waals surface area contributed by atoms with E-state index in [1.165, 1.54) is 144 Å². The monoisotopic (exact) mass is 908 g/mol. The maximum absolute atomic E-state index is 2.44. The molecular formula is C72H44. The highest BCUT2D eigenvalue weighted by atomic mass is 14.5. The van der Waals surface area contributed by atoms with Crippen LogP contribution in [0.4, 0.5) is 0 Å². The van der Waals surface area contributed by atoms with Crippen LogP contribution in [0, 0.1) is 0 Å². The van der Waals surface area contributed by atoms with Crippen LogP contribution < -0.4 is 0 Å². The number of hydrogen-bond acceptors (Lipinski definition) is 0. The minimum Gasteiger partial charge on any atom is -0.0619 e. The lowest BCUT2D eigenvalue weighted by Crippen LogP contribution is -2.25. The molecule has 0 N–H and O–H groups in total. The predicted molar refractivity (Wildman–Crippen MR) is 300 cm³/mol. The minimum atomic E-state index is -0.318. The first kappa shape index (κ1) is 39.7. The smallest absolute Gasteiger partial charge is 0.0619 e. The minimum absolute atomic E-state index is 0.318. The van der Waals surface area contributed by atoms with Crippen molar-refractivity contribution in [3.05, 3.63) is 310 Å². The Hall–Kier alpha value is -9.10. The number of hydrogen-bond donors (Lipinski definition) is 0. The standard InChI is InChI=1S/C72H44/c1-7-19-63-55(13-1)56-14-2-8-20-64(56)71(63)67-23-11-5-17-59(67)61-43-53(35-37-69(61)71)51-33-31-47-39-45(27-29-49(47)41-51)25-26-46-28-30-50-42-52(34-32-48(50)40-46)54-36-38-70-62(44-54)60-18-6-12-24-68(60)72(70)65-21-9-3-15-57(65)58-16-4-10-22-66(58)72/h1-44H/b26-25+. The van der Waals surface area contributed by atoms with Crippen LogP contribution in [-0.4, -0.2) is 0 Å². The lowest BCUT2D eigenvalue weighted by atomic mass is 9.70. The number of fused-ring (bicyclic) bond motifs is 22. The molecule has 16 rings (SSSR count). The van der Waals surface area contributed by atoms with E-state index in [0.717, 1.165) is 0 Å². The third-order valence-electron chi connectivity index (χ3n) is 16.9. The Morgan fingerprint density at radius 1 is 0.194 bits per heavy atom. The van der Waals surface area contributed by atoms with Crippen LogP contribution in [0.2, 0.25) is 0 Å². The maximum atomic E-state index is 2.44. The van der Waals surface area contributed by atoms with Crippen LogP contribution in [0.15, 0.2) is 255 Å². The van der Waals surface area contributed by atoms with Gasteiger partial charge in [0.1, 0.15) is 0 Å². The fourth-order valence-electron chi connectivity index (χ4n) is 13.8. The molecule has 332 valence electrons. The molecule has 0 radical (unpaired) electrons. The molecule has 0 unspecified atom stereocenters. The van der Waals surface area contributed by atoms with Crippen molar-refractivity contribution in [1.82, 2.24) is 0 Å². The summed E-state index contributed by atoms with van der Waals surface area (Å²) in [6, 6.07) is 96.1. The van der Waals surface area contributed by atoms with E-state index in [4.69, 9.17) is 0 Å². The Morgan fingerprint density at radius 3 is 0.792 bits per heavy atom. The number of rotatable bonds is 4. The zero-order valence-electron chi connectivity index (χ0n) is 39.4. The average Bonchev–Trinajstić information content (AvgIpc) is 4.13. The summed E-state index contributed by atoms with van der Waals surface area (Å²) in [5.41, 5.74) is 28.3. The van der Waals surface area contributed by atoms with Crippen molar-refractivity contribution in [2.24, 2.45) is 0 Å². The van der Waals surface area contributed by atoms with Crippen molar-refractivity contribution in [3.63, 3.8) is 0 Å². The zero-order valence-corrected chi connectivity index (χ0v) is 39.4. The second-order valence-corrected chi connectivity index (χ2v) is 20.3. The Kier molecular flexibility index (Phi) is 8.12. The van der Waals surface area contributed by atoms with E-state index in [-0.39, 0.29) is 10.8 Å². The molecule has 0 atom stereocenters. The highest BCUT2D eigenvalue weighted by molar-refractivity contribution is 5.99. The molecule has 0 aliphatic heterocycles. The van der Waals surface area contributed by atoms with Gasteiger partial charge >= 0.3 is 0 Å². The molecule has 0 heterocycles. The van der Waals surface area contributed by atoms with Gasteiger partial charge in [0, 0.05) is 0 Å². The van der Waals surface area contributed by atoms with E-state index in [0.29, 0.717) is 0 Å². The van der Waals surface area contributed by atoms with Gasteiger partial charge in [-0.15, -0.1) is 0 Å². The van der Waals surface area contributed by atoms with E-state index in [1.807, 2.05) is 0 Å². The van der Waals surface area contributed by atoms with Gasteiger partial charge in [0.2, 0.25) is 0 Å². The maximum Gasteiger partial charge on any atom is 0.0725 e. The molecule has 4 aliphatic carbocycles. The number of benzene rings is 12. The summed E-state index contributed by atoms with van der Waals surface area (Å²) in [6.45, 7) is 0. The van der Waals surface area contributed by atoms with Crippen LogP contribution in [0.1, 0.15) is 55.6 Å². The molecule has 0 fully saturated rings. The lowest BCUT2D eigenvalue weighted by Gasteiger charge is -2.30. The summed E-state index contributed by atoms with van der Waals surface area (Å²) in [5, 5.41) is 4.95. The van der Waals surface area contributed by atoms with Crippen molar-refractivity contribution in [2.45, 2.75) is 10.8 Å². The molecule has 0 heteroatoms. The molecule has 0 nitrogen and oxygen atoms in total. The quantitative estimate of drug-likeness (QED) is 0.154. The molecule has 12 aromatic rings. The summed E-state index contributed by atoms with van der Waals surface area (Å²) < 4.78 is 0. The Bertz CT molecular complexity index is 3980. The van der Waals surface area contributed by atoms with E-state index < -0.39 is 0 Å². The highest BCUT2D eigenvalue weighted by Gasteiger charge is 2.53. The second-order valence-electron chi connectivity index (χ2n) is 20.3. The Morgan fingerprint density at radius 2 is 0.444 bits per heavy atom.